The molecular formula is C15H35IN4O2S. The zero-order chi connectivity index (χ0) is 17.0. The van der Waals surface area contributed by atoms with E-state index in [-0.39, 0.29) is 35.8 Å². The first-order chi connectivity index (χ1) is 10.3. The van der Waals surface area contributed by atoms with Gasteiger partial charge in [-0.2, -0.15) is 0 Å². The molecule has 0 amide bonds. The van der Waals surface area contributed by atoms with Crippen molar-refractivity contribution in [3.05, 3.63) is 0 Å². The molecule has 0 fully saturated rings. The van der Waals surface area contributed by atoms with Gasteiger partial charge in [-0.15, -0.1) is 24.0 Å². The van der Waals surface area contributed by atoms with E-state index in [0.717, 1.165) is 32.1 Å². The predicted molar refractivity (Wildman–Crippen MR) is 111 cm³/mol. The third-order valence-corrected chi connectivity index (χ3v) is 4.27. The molecule has 6 nitrogen and oxygen atoms in total. The summed E-state index contributed by atoms with van der Waals surface area (Å²) in [6.45, 7) is 9.73. The van der Waals surface area contributed by atoms with Crippen LogP contribution in [-0.2, 0) is 9.84 Å². The van der Waals surface area contributed by atoms with Crippen LogP contribution in [0.25, 0.3) is 0 Å². The Morgan fingerprint density at radius 2 is 1.91 bits per heavy atom. The monoisotopic (exact) mass is 462 g/mol. The number of likely N-dealkylation sites (N-methyl/N-ethyl adjacent to an activating group) is 1. The molecule has 0 heterocycles. The van der Waals surface area contributed by atoms with Crippen LogP contribution in [0.5, 0.6) is 0 Å². The molecule has 0 saturated carbocycles. The molecule has 0 spiro atoms. The summed E-state index contributed by atoms with van der Waals surface area (Å²) in [5.41, 5.74) is 0. The molecule has 8 heteroatoms. The summed E-state index contributed by atoms with van der Waals surface area (Å²) >= 11 is 0. The van der Waals surface area contributed by atoms with Crippen molar-refractivity contribution in [1.82, 2.24) is 15.5 Å². The van der Waals surface area contributed by atoms with Gasteiger partial charge in [-0.1, -0.05) is 13.3 Å². The Labute approximate surface area is 159 Å². The average Bonchev–Trinajstić information content (AvgIpc) is 2.42. The van der Waals surface area contributed by atoms with Crippen molar-refractivity contribution >= 4 is 39.8 Å². The number of halogens is 1. The van der Waals surface area contributed by atoms with E-state index in [1.165, 1.54) is 19.1 Å². The third kappa shape index (κ3) is 16.5. The van der Waals surface area contributed by atoms with Crippen molar-refractivity contribution in [3.63, 3.8) is 0 Å². The van der Waals surface area contributed by atoms with Gasteiger partial charge < -0.3 is 15.5 Å². The summed E-state index contributed by atoms with van der Waals surface area (Å²) in [4.78, 5) is 6.83. The molecule has 0 aliphatic heterocycles. The second kappa shape index (κ2) is 14.3. The summed E-state index contributed by atoms with van der Waals surface area (Å²) in [7, 11) is -0.800. The number of guanidine groups is 1. The number of nitrogens with zero attached hydrogens (tertiary/aromatic N) is 2. The minimum atomic E-state index is -2.91. The number of unbranched alkanes of at least 4 members (excludes halogenated alkanes) is 1. The van der Waals surface area contributed by atoms with E-state index in [4.69, 9.17) is 0 Å². The Kier molecular flexibility index (Phi) is 15.6. The lowest BCUT2D eigenvalue weighted by molar-refractivity contribution is 0.337. The highest BCUT2D eigenvalue weighted by atomic mass is 127. The van der Waals surface area contributed by atoms with Crippen molar-refractivity contribution in [1.29, 1.82) is 0 Å². The Hall–Kier alpha value is -0.0900. The van der Waals surface area contributed by atoms with Gasteiger partial charge >= 0.3 is 0 Å². The topological polar surface area (TPSA) is 73.8 Å². The second-order valence-electron chi connectivity index (χ2n) is 5.88. The smallest absolute Gasteiger partial charge is 0.191 e. The first-order valence-corrected chi connectivity index (χ1v) is 10.3. The summed E-state index contributed by atoms with van der Waals surface area (Å²) < 4.78 is 22.4. The number of hydrogen-bond donors (Lipinski definition) is 2. The first-order valence-electron chi connectivity index (χ1n) is 8.19. The van der Waals surface area contributed by atoms with Gasteiger partial charge in [0.05, 0.1) is 12.3 Å². The van der Waals surface area contributed by atoms with Crippen LogP contribution in [-0.4, -0.2) is 70.6 Å². The quantitative estimate of drug-likeness (QED) is 0.278. The van der Waals surface area contributed by atoms with E-state index in [9.17, 15) is 8.42 Å². The average molecular weight is 462 g/mol. The van der Waals surface area contributed by atoms with Crippen LogP contribution in [0.2, 0.25) is 0 Å². The molecule has 140 valence electrons. The van der Waals surface area contributed by atoms with E-state index < -0.39 is 9.84 Å². The molecule has 23 heavy (non-hydrogen) atoms. The molecule has 1 atom stereocenters. The lowest BCUT2D eigenvalue weighted by Gasteiger charge is -2.18. The van der Waals surface area contributed by atoms with Crippen molar-refractivity contribution in [2.75, 3.05) is 45.2 Å². The first kappa shape index (κ1) is 25.2. The van der Waals surface area contributed by atoms with E-state index in [0.29, 0.717) is 6.42 Å². The van der Waals surface area contributed by atoms with Crippen molar-refractivity contribution < 1.29 is 8.42 Å². The molecule has 0 aromatic rings. The molecule has 1 unspecified atom stereocenters. The van der Waals surface area contributed by atoms with Crippen molar-refractivity contribution in [2.24, 2.45) is 4.99 Å². The van der Waals surface area contributed by atoms with Crippen molar-refractivity contribution in [2.45, 2.75) is 46.1 Å². The molecule has 0 rings (SSSR count). The Morgan fingerprint density at radius 1 is 1.26 bits per heavy atom. The fourth-order valence-electron chi connectivity index (χ4n) is 1.89. The number of aliphatic imine (C=N–C) groups is 1. The van der Waals surface area contributed by atoms with Gasteiger partial charge in [0.1, 0.15) is 9.84 Å². The Balaban J connectivity index is 0. The molecule has 0 aliphatic carbocycles. The molecule has 0 bridgehead atoms. The SMILES string of the molecule is CCCCN(C)CCN=C(NCC)NC(C)CCS(C)(=O)=O.I. The minimum absolute atomic E-state index is 0. The van der Waals surface area contributed by atoms with Crippen LogP contribution in [0.3, 0.4) is 0 Å². The van der Waals surface area contributed by atoms with Gasteiger partial charge in [-0.25, -0.2) is 8.42 Å². The highest BCUT2D eigenvalue weighted by molar-refractivity contribution is 14.0. The zero-order valence-corrected chi connectivity index (χ0v) is 18.4. The molecule has 0 saturated heterocycles. The number of sulfone groups is 1. The van der Waals surface area contributed by atoms with Gasteiger partial charge in [0.2, 0.25) is 0 Å². The zero-order valence-electron chi connectivity index (χ0n) is 15.3. The summed E-state index contributed by atoms with van der Waals surface area (Å²) in [6, 6.07) is 0.0744. The standard InChI is InChI=1S/C15H34N4O2S.HI/c1-6-8-11-19(4)12-10-17-15(16-7-2)18-14(3)9-13-22(5,20)21;/h14H,6-13H2,1-5H3,(H2,16,17,18);1H. The van der Waals surface area contributed by atoms with Gasteiger partial charge in [0.15, 0.2) is 5.96 Å². The van der Waals surface area contributed by atoms with Crippen LogP contribution >= 0.6 is 24.0 Å². The molecule has 0 aromatic heterocycles. The molecule has 0 aliphatic rings. The normalized spacial score (nSPS) is 13.6. The molecule has 2 N–H and O–H groups in total. The number of nitrogens with one attached hydrogen (secondary N) is 2. The maximum absolute atomic E-state index is 11.2. The van der Waals surface area contributed by atoms with Crippen LogP contribution in [0.15, 0.2) is 4.99 Å². The maximum atomic E-state index is 11.2. The van der Waals surface area contributed by atoms with E-state index in [2.05, 4.69) is 34.5 Å². The highest BCUT2D eigenvalue weighted by Crippen LogP contribution is 1.96. The highest BCUT2D eigenvalue weighted by Gasteiger charge is 2.09. The molecular weight excluding hydrogens is 427 g/mol. The minimum Gasteiger partial charge on any atom is -0.357 e. The Morgan fingerprint density at radius 3 is 2.43 bits per heavy atom. The van der Waals surface area contributed by atoms with E-state index >= 15 is 0 Å². The predicted octanol–water partition coefficient (Wildman–Crippen LogP) is 1.71. The summed E-state index contributed by atoms with van der Waals surface area (Å²) in [5.74, 6) is 0.952. The van der Waals surface area contributed by atoms with Crippen LogP contribution in [0, 0.1) is 0 Å². The van der Waals surface area contributed by atoms with Crippen molar-refractivity contribution in [3.8, 4) is 0 Å². The van der Waals surface area contributed by atoms with Gasteiger partial charge in [-0.05, 0) is 40.3 Å². The molecule has 0 radical (unpaired) electrons. The second-order valence-corrected chi connectivity index (χ2v) is 8.14. The summed E-state index contributed by atoms with van der Waals surface area (Å²) in [6.07, 6.45) is 4.27. The van der Waals surface area contributed by atoms with E-state index in [1.54, 1.807) is 0 Å². The maximum Gasteiger partial charge on any atom is 0.191 e. The number of rotatable bonds is 11. The Bertz CT molecular complexity index is 416. The van der Waals surface area contributed by atoms with Gasteiger partial charge in [0.25, 0.3) is 0 Å². The lowest BCUT2D eigenvalue weighted by atomic mass is 10.3. The van der Waals surface area contributed by atoms with Crippen LogP contribution in [0.1, 0.15) is 40.0 Å². The van der Waals surface area contributed by atoms with Crippen LogP contribution in [0.4, 0.5) is 0 Å². The molecule has 0 aromatic carbocycles. The fraction of sp³-hybridized carbons (Fsp3) is 0.933. The van der Waals surface area contributed by atoms with Gasteiger partial charge in [0, 0.05) is 25.4 Å². The largest absolute Gasteiger partial charge is 0.357 e. The number of hydrogen-bond acceptors (Lipinski definition) is 4. The van der Waals surface area contributed by atoms with Gasteiger partial charge in [-0.3, -0.25) is 4.99 Å². The summed E-state index contributed by atoms with van der Waals surface area (Å²) in [5, 5.41) is 6.46. The third-order valence-electron chi connectivity index (χ3n) is 3.29. The van der Waals surface area contributed by atoms with Crippen LogP contribution < -0.4 is 10.6 Å². The fourth-order valence-corrected chi connectivity index (χ4v) is 2.67. The van der Waals surface area contributed by atoms with E-state index in [1.807, 2.05) is 13.8 Å². The lowest BCUT2D eigenvalue weighted by Crippen LogP contribution is -2.43.